The van der Waals surface area contributed by atoms with Crippen LogP contribution in [0.3, 0.4) is 0 Å². The molecule has 0 bridgehead atoms. The summed E-state index contributed by atoms with van der Waals surface area (Å²) in [6.07, 6.45) is 0. The van der Waals surface area contributed by atoms with Crippen LogP contribution >= 0.6 is 24.8 Å². The number of rotatable bonds is 2. The average Bonchev–Trinajstić information content (AvgIpc) is 2.35. The van der Waals surface area contributed by atoms with E-state index < -0.39 is 5.82 Å². The number of nitrogens with zero attached hydrogens (tertiary/aromatic N) is 1. The van der Waals surface area contributed by atoms with Crippen LogP contribution in [0.2, 0.25) is 0 Å². The molecule has 1 fully saturated rings. The molecule has 0 spiro atoms. The fourth-order valence-corrected chi connectivity index (χ4v) is 2.90. The number of benzene rings is 1. The van der Waals surface area contributed by atoms with E-state index in [0.717, 1.165) is 26.2 Å². The minimum Gasteiger partial charge on any atom is -0.505 e. The Kier molecular flexibility index (Phi) is 7.97. The van der Waals surface area contributed by atoms with E-state index in [1.807, 2.05) is 6.07 Å². The van der Waals surface area contributed by atoms with Crippen molar-refractivity contribution >= 4 is 24.8 Å². The number of para-hydroxylation sites is 1. The van der Waals surface area contributed by atoms with Crippen molar-refractivity contribution < 1.29 is 9.50 Å². The summed E-state index contributed by atoms with van der Waals surface area (Å²) < 4.78 is 13.6. The molecule has 3 nitrogen and oxygen atoms in total. The molecule has 1 aromatic carbocycles. The van der Waals surface area contributed by atoms with Crippen molar-refractivity contribution in [1.82, 2.24) is 10.2 Å². The highest BCUT2D eigenvalue weighted by molar-refractivity contribution is 5.85. The van der Waals surface area contributed by atoms with Gasteiger partial charge in [-0.3, -0.25) is 4.90 Å². The number of hydrogen-bond acceptors (Lipinski definition) is 3. The van der Waals surface area contributed by atoms with Gasteiger partial charge < -0.3 is 10.4 Å². The molecule has 1 saturated heterocycles. The Morgan fingerprint density at radius 3 is 2.29 bits per heavy atom. The summed E-state index contributed by atoms with van der Waals surface area (Å²) in [5, 5.41) is 13.4. The topological polar surface area (TPSA) is 35.5 Å². The van der Waals surface area contributed by atoms with Crippen LogP contribution in [0.4, 0.5) is 4.39 Å². The van der Waals surface area contributed by atoms with E-state index in [0.29, 0.717) is 5.56 Å². The molecule has 122 valence electrons. The van der Waals surface area contributed by atoms with Crippen LogP contribution in [0.1, 0.15) is 32.4 Å². The largest absolute Gasteiger partial charge is 0.505 e. The van der Waals surface area contributed by atoms with Gasteiger partial charge in [-0.1, -0.05) is 32.9 Å². The second-order valence-corrected chi connectivity index (χ2v) is 6.23. The number of phenolic OH excluding ortho intramolecular Hbond substituents is 1. The van der Waals surface area contributed by atoms with Crippen molar-refractivity contribution in [2.24, 2.45) is 5.41 Å². The molecule has 6 heteroatoms. The third kappa shape index (κ3) is 4.71. The Balaban J connectivity index is 0.00000200. The molecular weight excluding hydrogens is 314 g/mol. The molecule has 0 saturated carbocycles. The summed E-state index contributed by atoms with van der Waals surface area (Å²) in [4.78, 5) is 2.32. The molecule has 1 aliphatic rings. The summed E-state index contributed by atoms with van der Waals surface area (Å²) in [5.41, 5.74) is 0.622. The highest BCUT2D eigenvalue weighted by Crippen LogP contribution is 2.42. The minimum atomic E-state index is -0.540. The SMILES string of the molecule is CC(C)(C)[C@@H](c1cccc(F)c1O)N1CCNCC1.Cl.Cl. The van der Waals surface area contributed by atoms with Crippen LogP contribution in [-0.4, -0.2) is 36.2 Å². The third-order valence-corrected chi connectivity index (χ3v) is 3.65. The van der Waals surface area contributed by atoms with E-state index in [1.54, 1.807) is 6.07 Å². The Hall–Kier alpha value is -0.550. The highest BCUT2D eigenvalue weighted by atomic mass is 35.5. The van der Waals surface area contributed by atoms with Gasteiger partial charge in [-0.2, -0.15) is 0 Å². The van der Waals surface area contributed by atoms with Crippen LogP contribution in [0.15, 0.2) is 18.2 Å². The molecular formula is C15H25Cl2FN2O. The normalized spacial score (nSPS) is 17.5. The summed E-state index contributed by atoms with van der Waals surface area (Å²) >= 11 is 0. The Morgan fingerprint density at radius 2 is 1.76 bits per heavy atom. The van der Waals surface area contributed by atoms with Crippen molar-refractivity contribution in [1.29, 1.82) is 0 Å². The fourth-order valence-electron chi connectivity index (χ4n) is 2.90. The lowest BCUT2D eigenvalue weighted by Gasteiger charge is -2.42. The maximum Gasteiger partial charge on any atom is 0.165 e. The van der Waals surface area contributed by atoms with Gasteiger partial charge in [0, 0.05) is 37.8 Å². The predicted molar refractivity (Wildman–Crippen MR) is 89.2 cm³/mol. The van der Waals surface area contributed by atoms with Crippen LogP contribution in [0.25, 0.3) is 0 Å². The maximum absolute atomic E-state index is 13.6. The van der Waals surface area contributed by atoms with Crippen LogP contribution in [0.5, 0.6) is 5.75 Å². The zero-order chi connectivity index (χ0) is 14.0. The van der Waals surface area contributed by atoms with Crippen molar-refractivity contribution in [3.05, 3.63) is 29.6 Å². The first-order chi connectivity index (χ1) is 8.91. The molecule has 0 aromatic heterocycles. The molecule has 21 heavy (non-hydrogen) atoms. The lowest BCUT2D eigenvalue weighted by atomic mass is 9.80. The van der Waals surface area contributed by atoms with Gasteiger partial charge in [-0.15, -0.1) is 24.8 Å². The first kappa shape index (κ1) is 20.5. The summed E-state index contributed by atoms with van der Waals surface area (Å²) in [6.45, 7) is 10.1. The zero-order valence-electron chi connectivity index (χ0n) is 12.7. The molecule has 0 unspecified atom stereocenters. The summed E-state index contributed by atoms with van der Waals surface area (Å²) in [7, 11) is 0. The Labute approximate surface area is 138 Å². The first-order valence-corrected chi connectivity index (χ1v) is 6.83. The quantitative estimate of drug-likeness (QED) is 0.867. The van der Waals surface area contributed by atoms with Gasteiger partial charge in [-0.25, -0.2) is 4.39 Å². The van der Waals surface area contributed by atoms with E-state index in [1.165, 1.54) is 6.07 Å². The van der Waals surface area contributed by atoms with E-state index in [9.17, 15) is 9.50 Å². The summed E-state index contributed by atoms with van der Waals surface area (Å²) in [5.74, 6) is -0.747. The predicted octanol–water partition coefficient (Wildman–Crippen LogP) is 3.37. The number of phenols is 1. The molecule has 2 rings (SSSR count). The molecule has 1 aliphatic heterocycles. The molecule has 2 N–H and O–H groups in total. The van der Waals surface area contributed by atoms with Gasteiger partial charge in [0.2, 0.25) is 0 Å². The summed E-state index contributed by atoms with van der Waals surface area (Å²) in [6, 6.07) is 4.82. The number of aromatic hydroxyl groups is 1. The third-order valence-electron chi connectivity index (χ3n) is 3.65. The second-order valence-electron chi connectivity index (χ2n) is 6.23. The van der Waals surface area contributed by atoms with Gasteiger partial charge in [0.1, 0.15) is 0 Å². The van der Waals surface area contributed by atoms with Gasteiger partial charge >= 0.3 is 0 Å². The zero-order valence-corrected chi connectivity index (χ0v) is 14.4. The van der Waals surface area contributed by atoms with Gasteiger partial charge in [0.25, 0.3) is 0 Å². The smallest absolute Gasteiger partial charge is 0.165 e. The van der Waals surface area contributed by atoms with E-state index in [4.69, 9.17) is 0 Å². The second kappa shape index (κ2) is 8.18. The lowest BCUT2D eigenvalue weighted by molar-refractivity contribution is 0.0838. The number of nitrogens with one attached hydrogen (secondary N) is 1. The van der Waals surface area contributed by atoms with Crippen molar-refractivity contribution in [2.45, 2.75) is 26.8 Å². The molecule has 0 aliphatic carbocycles. The van der Waals surface area contributed by atoms with E-state index >= 15 is 0 Å². The van der Waals surface area contributed by atoms with Crippen LogP contribution < -0.4 is 5.32 Å². The van der Waals surface area contributed by atoms with E-state index in [-0.39, 0.29) is 42.0 Å². The lowest BCUT2D eigenvalue weighted by Crippen LogP contribution is -2.48. The first-order valence-electron chi connectivity index (χ1n) is 6.83. The Bertz CT molecular complexity index is 446. The average molecular weight is 339 g/mol. The number of halogens is 3. The van der Waals surface area contributed by atoms with E-state index in [2.05, 4.69) is 31.0 Å². The molecule has 1 atom stereocenters. The molecule has 1 aromatic rings. The standard InChI is InChI=1S/C15H23FN2O.2ClH/c1-15(2,3)14(18-9-7-17-8-10-18)11-5-4-6-12(16)13(11)19;;/h4-6,14,17,19H,7-10H2,1-3H3;2*1H/t14-;;/m1../s1. The monoisotopic (exact) mass is 338 g/mol. The molecule has 1 heterocycles. The van der Waals surface area contributed by atoms with Crippen LogP contribution in [0, 0.1) is 11.2 Å². The molecule has 0 amide bonds. The van der Waals surface area contributed by atoms with Crippen molar-refractivity contribution in [2.75, 3.05) is 26.2 Å². The number of piperazine rings is 1. The molecule has 0 radical (unpaired) electrons. The maximum atomic E-state index is 13.6. The number of hydrogen-bond donors (Lipinski definition) is 2. The Morgan fingerprint density at radius 1 is 1.19 bits per heavy atom. The van der Waals surface area contributed by atoms with Crippen molar-refractivity contribution in [3.63, 3.8) is 0 Å². The van der Waals surface area contributed by atoms with Crippen LogP contribution in [-0.2, 0) is 0 Å². The fraction of sp³-hybridized carbons (Fsp3) is 0.600. The highest BCUT2D eigenvalue weighted by Gasteiger charge is 2.34. The van der Waals surface area contributed by atoms with Gasteiger partial charge in [-0.05, 0) is 11.5 Å². The van der Waals surface area contributed by atoms with Crippen molar-refractivity contribution in [3.8, 4) is 5.75 Å². The van der Waals surface area contributed by atoms with Gasteiger partial charge in [0.05, 0.1) is 0 Å². The minimum absolute atomic E-state index is 0. The van der Waals surface area contributed by atoms with Gasteiger partial charge in [0.15, 0.2) is 11.6 Å².